The van der Waals surface area contributed by atoms with Gasteiger partial charge in [0.1, 0.15) is 0 Å². The van der Waals surface area contributed by atoms with Gasteiger partial charge in [0.05, 0.1) is 32.8 Å². The van der Waals surface area contributed by atoms with E-state index in [2.05, 4.69) is 0 Å². The van der Waals surface area contributed by atoms with Gasteiger partial charge in [0.15, 0.2) is 29.4 Å². The summed E-state index contributed by atoms with van der Waals surface area (Å²) in [6.45, 7) is 2.48. The van der Waals surface area contributed by atoms with E-state index in [1.165, 1.54) is 10.8 Å². The lowest BCUT2D eigenvalue weighted by atomic mass is 9.73. The molecule has 0 aromatic rings. The number of aliphatic carboxylic acids is 1. The van der Waals surface area contributed by atoms with Crippen LogP contribution in [0.3, 0.4) is 0 Å². The normalized spacial score (nSPS) is 30.9. The Balaban J connectivity index is 1.30. The molecule has 2 bridgehead atoms. The highest BCUT2D eigenvalue weighted by Crippen LogP contribution is 2.48. The van der Waals surface area contributed by atoms with Gasteiger partial charge in [-0.15, -0.1) is 0 Å². The second-order valence-corrected chi connectivity index (χ2v) is 14.2. The summed E-state index contributed by atoms with van der Waals surface area (Å²) in [7, 11) is 0. The number of fused-ring (bicyclic) bond motifs is 2. The van der Waals surface area contributed by atoms with E-state index in [0.29, 0.717) is 38.5 Å². The topological polar surface area (TPSA) is 83.7 Å². The van der Waals surface area contributed by atoms with Crippen molar-refractivity contribution in [3.8, 4) is 0 Å². The van der Waals surface area contributed by atoms with Crippen LogP contribution in [0.4, 0.5) is 8.78 Å². The van der Waals surface area contributed by atoms with Gasteiger partial charge in [-0.1, -0.05) is 41.4 Å². The second kappa shape index (κ2) is 12.8. The van der Waals surface area contributed by atoms with Crippen molar-refractivity contribution in [2.24, 2.45) is 11.3 Å². The Morgan fingerprint density at radius 3 is 2.34 bits per heavy atom. The number of Topliss-reactive ketones (excluding diaryl/α,β-unsaturated/α-hetero) is 2. The fourth-order valence-electron chi connectivity index (χ4n) is 7.51. The Labute approximate surface area is 267 Å². The van der Waals surface area contributed by atoms with Crippen molar-refractivity contribution in [2.75, 3.05) is 0 Å². The Kier molecular flexibility index (Phi) is 9.56. The minimum atomic E-state index is -3.23. The van der Waals surface area contributed by atoms with E-state index in [9.17, 15) is 28.3 Å². The molecule has 5 aliphatic rings. The minimum absolute atomic E-state index is 0.0114. The number of alkyl halides is 2. The molecule has 0 spiro atoms. The number of carboxylic acids is 1. The lowest BCUT2D eigenvalue weighted by molar-refractivity contribution is -0.521. The third-order valence-corrected chi connectivity index (χ3v) is 10.7. The zero-order valence-electron chi connectivity index (χ0n) is 25.2. The van der Waals surface area contributed by atoms with Crippen molar-refractivity contribution in [1.82, 2.24) is 0 Å². The summed E-state index contributed by atoms with van der Waals surface area (Å²) in [4.78, 5) is 38.7. The first-order chi connectivity index (χ1) is 20.7. The molecule has 0 aromatic heterocycles. The van der Waals surface area contributed by atoms with Gasteiger partial charge in [-0.25, -0.2) is 0 Å². The number of hydrogen-bond donors (Lipinski definition) is 1. The number of nitrogens with zero attached hydrogens (tertiary/aromatic N) is 1. The summed E-state index contributed by atoms with van der Waals surface area (Å²) in [5.74, 6) is -4.96. The highest BCUT2D eigenvalue weighted by atomic mass is 35.5. The fraction of sp³-hybridized carbons (Fsp3) is 0.588. The monoisotopic (exact) mass is 650 g/mol. The number of carbonyl (C=O) groups is 3. The predicted molar refractivity (Wildman–Crippen MR) is 165 cm³/mol. The van der Waals surface area contributed by atoms with Crippen LogP contribution in [0.25, 0.3) is 0 Å². The van der Waals surface area contributed by atoms with Crippen molar-refractivity contribution in [2.45, 2.75) is 115 Å². The first-order valence-electron chi connectivity index (χ1n) is 15.6. The lowest BCUT2D eigenvalue weighted by Gasteiger charge is -2.34. The summed E-state index contributed by atoms with van der Waals surface area (Å²) in [6, 6.07) is -0.275. The third-order valence-electron chi connectivity index (χ3n) is 10.1. The van der Waals surface area contributed by atoms with Crippen molar-refractivity contribution in [3.05, 3.63) is 57.8 Å². The molecule has 10 heteroatoms. The zero-order chi connectivity index (χ0) is 31.9. The van der Waals surface area contributed by atoms with Gasteiger partial charge < -0.3 is 9.84 Å². The molecule has 44 heavy (non-hydrogen) atoms. The Morgan fingerprint density at radius 2 is 1.75 bits per heavy atom. The standard InChI is InChI=1S/C34H39Cl2F2NO5/c1-32(31(42)43)14-10-22(11-15-32)39-20-24(30(39)33(2,37)38)27(40)9-8-21(19-34-16-12-23(44-34)13-17-34)18-28(41)29-25(35)6-4-3-5-7-26(29)36/h3-7,20-23H,8-19H2,1-2H3/p+1. The number of carboxylic acid groups (broad SMARTS) is 1. The van der Waals surface area contributed by atoms with E-state index in [1.54, 1.807) is 37.3 Å². The summed E-state index contributed by atoms with van der Waals surface area (Å²) in [5.41, 5.74) is -1.25. The number of halogens is 4. The van der Waals surface area contributed by atoms with Crippen molar-refractivity contribution in [1.29, 1.82) is 0 Å². The SMILES string of the molecule is CC(F)(F)C1=[N+](C2CCC(C)(C(=O)O)CC2)C=C1C(=O)CCC(CC(=O)C1=C(Cl)C=CC=CC=C1Cl)CC12CCC(CC1)O2. The van der Waals surface area contributed by atoms with Crippen LogP contribution in [0, 0.1) is 11.3 Å². The number of hydrogen-bond acceptors (Lipinski definition) is 4. The van der Waals surface area contributed by atoms with Crippen molar-refractivity contribution < 1.29 is 37.6 Å². The van der Waals surface area contributed by atoms with E-state index in [1.807, 2.05) is 0 Å². The molecule has 1 atom stereocenters. The molecule has 2 saturated heterocycles. The number of rotatable bonds is 12. The Morgan fingerprint density at radius 1 is 1.07 bits per heavy atom. The van der Waals surface area contributed by atoms with E-state index in [4.69, 9.17) is 27.9 Å². The van der Waals surface area contributed by atoms with Crippen LogP contribution < -0.4 is 0 Å². The smallest absolute Gasteiger partial charge is 0.328 e. The maximum atomic E-state index is 14.9. The predicted octanol–water partition coefficient (Wildman–Crippen LogP) is 7.79. The molecule has 0 amide bonds. The van der Waals surface area contributed by atoms with E-state index in [0.717, 1.165) is 32.6 Å². The number of ketones is 2. The van der Waals surface area contributed by atoms with Gasteiger partial charge in [0, 0.05) is 32.6 Å². The van der Waals surface area contributed by atoms with Crippen LogP contribution >= 0.6 is 23.2 Å². The summed E-state index contributed by atoms with van der Waals surface area (Å²) >= 11 is 12.9. The van der Waals surface area contributed by atoms with Gasteiger partial charge in [-0.05, 0) is 76.4 Å². The van der Waals surface area contributed by atoms with Crippen LogP contribution in [0.2, 0.25) is 0 Å². The lowest BCUT2D eigenvalue weighted by Crippen LogP contribution is -2.48. The van der Waals surface area contributed by atoms with Crippen LogP contribution in [0.15, 0.2) is 57.8 Å². The van der Waals surface area contributed by atoms with E-state index < -0.39 is 17.3 Å². The largest absolute Gasteiger partial charge is 0.481 e. The molecule has 3 fully saturated rings. The maximum Gasteiger partial charge on any atom is 0.328 e. The molecular formula is C34H40Cl2F2NO5+. The van der Waals surface area contributed by atoms with Crippen molar-refractivity contribution in [3.63, 3.8) is 0 Å². The van der Waals surface area contributed by atoms with Gasteiger partial charge in [0.2, 0.25) is 0 Å². The molecule has 6 nitrogen and oxygen atoms in total. The van der Waals surface area contributed by atoms with Gasteiger partial charge in [0.25, 0.3) is 5.71 Å². The van der Waals surface area contributed by atoms with Crippen LogP contribution in [-0.2, 0) is 19.1 Å². The molecule has 1 saturated carbocycles. The molecule has 0 radical (unpaired) electrons. The minimum Gasteiger partial charge on any atom is -0.481 e. The first-order valence-corrected chi connectivity index (χ1v) is 16.3. The average molecular weight is 652 g/mol. The Hall–Kier alpha value is -2.42. The molecular weight excluding hydrogens is 611 g/mol. The van der Waals surface area contributed by atoms with Gasteiger partial charge in [-0.2, -0.15) is 13.4 Å². The maximum absolute atomic E-state index is 14.9. The highest BCUT2D eigenvalue weighted by molar-refractivity contribution is 6.40. The average Bonchev–Trinajstić information content (AvgIpc) is 3.51. The molecule has 2 aliphatic carbocycles. The quantitative estimate of drug-likeness (QED) is 0.218. The molecule has 3 aliphatic heterocycles. The number of allylic oxidation sites excluding steroid dienone is 9. The molecule has 238 valence electrons. The summed E-state index contributed by atoms with van der Waals surface area (Å²) in [6.07, 6.45) is 16.6. The summed E-state index contributed by atoms with van der Waals surface area (Å²) in [5, 5.41) is 10.0. The van der Waals surface area contributed by atoms with Gasteiger partial charge >= 0.3 is 11.9 Å². The fourth-order valence-corrected chi connectivity index (χ4v) is 8.12. The zero-order valence-corrected chi connectivity index (χ0v) is 26.7. The highest BCUT2D eigenvalue weighted by Gasteiger charge is 2.53. The van der Waals surface area contributed by atoms with Crippen LogP contribution in [0.1, 0.15) is 90.9 Å². The van der Waals surface area contributed by atoms with Crippen molar-refractivity contribution >= 4 is 46.4 Å². The number of carbonyl (C=O) groups excluding carboxylic acids is 2. The van der Waals surface area contributed by atoms with Crippen LogP contribution in [-0.4, -0.2) is 56.6 Å². The summed E-state index contributed by atoms with van der Waals surface area (Å²) < 4.78 is 37.5. The second-order valence-electron chi connectivity index (χ2n) is 13.4. The van der Waals surface area contributed by atoms with E-state index in [-0.39, 0.29) is 75.0 Å². The molecule has 5 rings (SSSR count). The Bertz CT molecular complexity index is 1400. The first kappa shape index (κ1) is 33.0. The van der Waals surface area contributed by atoms with Gasteiger partial charge in [-0.3, -0.25) is 14.4 Å². The molecule has 1 unspecified atom stereocenters. The number of ether oxygens (including phenoxy) is 1. The van der Waals surface area contributed by atoms with Crippen LogP contribution in [0.5, 0.6) is 0 Å². The molecule has 0 aromatic carbocycles. The molecule has 1 N–H and O–H groups in total. The van der Waals surface area contributed by atoms with E-state index >= 15 is 0 Å². The third kappa shape index (κ3) is 6.87. The molecule has 3 heterocycles.